The normalized spacial score (nSPS) is 14.8. The standard InChI is InChI=1S/C17H19FN2/c18-16-6-3-7-17(15(16)12-19)20-10-8-13-4-1-2-5-14(13)9-11-20/h1-7H,8-12,19H2. The number of halogens is 1. The number of fused-ring (bicyclic) bond motifs is 1. The number of nitrogens with two attached hydrogens (primary N) is 1. The first-order chi connectivity index (χ1) is 9.79. The van der Waals surface area contributed by atoms with E-state index in [1.165, 1.54) is 17.2 Å². The van der Waals surface area contributed by atoms with Crippen LogP contribution in [0.15, 0.2) is 42.5 Å². The molecular weight excluding hydrogens is 251 g/mol. The maximum atomic E-state index is 13.9. The number of anilines is 1. The Balaban J connectivity index is 1.89. The second-order valence-electron chi connectivity index (χ2n) is 5.20. The summed E-state index contributed by atoms with van der Waals surface area (Å²) in [4.78, 5) is 2.26. The van der Waals surface area contributed by atoms with Gasteiger partial charge < -0.3 is 10.6 Å². The molecule has 0 atom stereocenters. The van der Waals surface area contributed by atoms with Crippen molar-refractivity contribution in [1.82, 2.24) is 0 Å². The zero-order valence-electron chi connectivity index (χ0n) is 11.5. The van der Waals surface area contributed by atoms with E-state index >= 15 is 0 Å². The van der Waals surface area contributed by atoms with Crippen molar-refractivity contribution in [2.45, 2.75) is 19.4 Å². The van der Waals surface area contributed by atoms with Crippen molar-refractivity contribution in [3.63, 3.8) is 0 Å². The highest BCUT2D eigenvalue weighted by atomic mass is 19.1. The zero-order valence-corrected chi connectivity index (χ0v) is 11.5. The summed E-state index contributed by atoms with van der Waals surface area (Å²) in [5, 5.41) is 0. The molecule has 104 valence electrons. The molecule has 2 aromatic carbocycles. The summed E-state index contributed by atoms with van der Waals surface area (Å²) in [6.07, 6.45) is 1.99. The van der Waals surface area contributed by atoms with Crippen LogP contribution < -0.4 is 10.6 Å². The third kappa shape index (κ3) is 2.41. The fourth-order valence-electron chi connectivity index (χ4n) is 2.95. The molecule has 2 nitrogen and oxygen atoms in total. The average Bonchev–Trinajstić information content (AvgIpc) is 2.69. The van der Waals surface area contributed by atoms with E-state index in [1.54, 1.807) is 6.07 Å². The Morgan fingerprint density at radius 2 is 1.60 bits per heavy atom. The molecule has 0 aromatic heterocycles. The van der Waals surface area contributed by atoms with Gasteiger partial charge in [0.1, 0.15) is 5.82 Å². The molecule has 20 heavy (non-hydrogen) atoms. The molecule has 0 saturated heterocycles. The van der Waals surface area contributed by atoms with Crippen LogP contribution in [0.2, 0.25) is 0 Å². The monoisotopic (exact) mass is 270 g/mol. The van der Waals surface area contributed by atoms with Crippen molar-refractivity contribution in [1.29, 1.82) is 0 Å². The molecule has 1 aliphatic heterocycles. The molecule has 0 saturated carbocycles. The van der Waals surface area contributed by atoms with E-state index in [0.29, 0.717) is 5.56 Å². The third-order valence-electron chi connectivity index (χ3n) is 4.06. The molecule has 3 heteroatoms. The van der Waals surface area contributed by atoms with Crippen molar-refractivity contribution in [3.8, 4) is 0 Å². The number of hydrogen-bond donors (Lipinski definition) is 1. The molecular formula is C17H19FN2. The summed E-state index contributed by atoms with van der Waals surface area (Å²) >= 11 is 0. The first-order valence-corrected chi connectivity index (χ1v) is 7.09. The quantitative estimate of drug-likeness (QED) is 0.909. The van der Waals surface area contributed by atoms with Crippen molar-refractivity contribution in [3.05, 3.63) is 65.0 Å². The molecule has 0 fully saturated rings. The van der Waals surface area contributed by atoms with Gasteiger partial charge in [-0.25, -0.2) is 4.39 Å². The Hall–Kier alpha value is -1.87. The minimum absolute atomic E-state index is 0.202. The van der Waals surface area contributed by atoms with Gasteiger partial charge in [-0.3, -0.25) is 0 Å². The second kappa shape index (κ2) is 5.63. The summed E-state index contributed by atoms with van der Waals surface area (Å²) in [5.74, 6) is -0.202. The third-order valence-corrected chi connectivity index (χ3v) is 4.06. The lowest BCUT2D eigenvalue weighted by Gasteiger charge is -2.25. The Morgan fingerprint density at radius 1 is 0.950 bits per heavy atom. The maximum absolute atomic E-state index is 13.9. The highest BCUT2D eigenvalue weighted by Crippen LogP contribution is 2.26. The Bertz CT molecular complexity index is 583. The van der Waals surface area contributed by atoms with Gasteiger partial charge in [0.05, 0.1) is 0 Å². The Kier molecular flexibility index (Phi) is 3.70. The fraction of sp³-hybridized carbons (Fsp3) is 0.294. The van der Waals surface area contributed by atoms with E-state index in [2.05, 4.69) is 29.2 Å². The van der Waals surface area contributed by atoms with Crippen LogP contribution in [0.1, 0.15) is 16.7 Å². The molecule has 1 aliphatic rings. The van der Waals surface area contributed by atoms with Crippen LogP contribution in [0.3, 0.4) is 0 Å². The van der Waals surface area contributed by atoms with E-state index in [1.807, 2.05) is 6.07 Å². The second-order valence-corrected chi connectivity index (χ2v) is 5.20. The van der Waals surface area contributed by atoms with E-state index in [-0.39, 0.29) is 12.4 Å². The van der Waals surface area contributed by atoms with Crippen molar-refractivity contribution in [2.24, 2.45) is 5.73 Å². The average molecular weight is 270 g/mol. The van der Waals surface area contributed by atoms with Gasteiger partial charge in [-0.1, -0.05) is 30.3 Å². The fourth-order valence-corrected chi connectivity index (χ4v) is 2.95. The molecule has 0 aliphatic carbocycles. The van der Waals surface area contributed by atoms with Gasteiger partial charge in [0.25, 0.3) is 0 Å². The van der Waals surface area contributed by atoms with Gasteiger partial charge in [-0.2, -0.15) is 0 Å². The van der Waals surface area contributed by atoms with E-state index in [9.17, 15) is 4.39 Å². The van der Waals surface area contributed by atoms with Gasteiger partial charge in [0, 0.05) is 30.9 Å². The van der Waals surface area contributed by atoms with Crippen molar-refractivity contribution < 1.29 is 4.39 Å². The van der Waals surface area contributed by atoms with Crippen LogP contribution in [-0.4, -0.2) is 13.1 Å². The molecule has 0 amide bonds. The Morgan fingerprint density at radius 3 is 2.20 bits per heavy atom. The van der Waals surface area contributed by atoms with Crippen LogP contribution in [0.5, 0.6) is 0 Å². The minimum Gasteiger partial charge on any atom is -0.371 e. The van der Waals surface area contributed by atoms with Crippen LogP contribution in [0.25, 0.3) is 0 Å². The van der Waals surface area contributed by atoms with Gasteiger partial charge in [0.2, 0.25) is 0 Å². The minimum atomic E-state index is -0.202. The van der Waals surface area contributed by atoms with E-state index in [0.717, 1.165) is 31.6 Å². The number of benzene rings is 2. The molecule has 2 N–H and O–H groups in total. The lowest BCUT2D eigenvalue weighted by atomic mass is 10.0. The van der Waals surface area contributed by atoms with Crippen LogP contribution in [-0.2, 0) is 19.4 Å². The molecule has 0 spiro atoms. The van der Waals surface area contributed by atoms with Gasteiger partial charge in [-0.05, 0) is 36.1 Å². The van der Waals surface area contributed by atoms with Crippen LogP contribution in [0.4, 0.5) is 10.1 Å². The summed E-state index contributed by atoms with van der Waals surface area (Å²) < 4.78 is 13.9. The predicted octanol–water partition coefficient (Wildman–Crippen LogP) is 2.89. The van der Waals surface area contributed by atoms with Crippen LogP contribution in [0, 0.1) is 5.82 Å². The molecule has 0 bridgehead atoms. The SMILES string of the molecule is NCc1c(F)cccc1N1CCc2ccccc2CC1. The van der Waals surface area contributed by atoms with Gasteiger partial charge >= 0.3 is 0 Å². The molecule has 3 rings (SSSR count). The Labute approximate surface area is 119 Å². The highest BCUT2D eigenvalue weighted by Gasteiger charge is 2.17. The highest BCUT2D eigenvalue weighted by molar-refractivity contribution is 5.55. The lowest BCUT2D eigenvalue weighted by Crippen LogP contribution is -2.27. The lowest BCUT2D eigenvalue weighted by molar-refractivity contribution is 0.608. The van der Waals surface area contributed by atoms with Gasteiger partial charge in [-0.15, -0.1) is 0 Å². The topological polar surface area (TPSA) is 29.3 Å². The summed E-state index contributed by atoms with van der Waals surface area (Å²) in [5.41, 5.74) is 10.1. The molecule has 2 aromatic rings. The number of hydrogen-bond acceptors (Lipinski definition) is 2. The predicted molar refractivity (Wildman–Crippen MR) is 80.4 cm³/mol. The molecule has 1 heterocycles. The van der Waals surface area contributed by atoms with Crippen molar-refractivity contribution in [2.75, 3.05) is 18.0 Å². The summed E-state index contributed by atoms with van der Waals surface area (Å²) in [7, 11) is 0. The molecule has 0 radical (unpaired) electrons. The first-order valence-electron chi connectivity index (χ1n) is 7.09. The van der Waals surface area contributed by atoms with Crippen LogP contribution >= 0.6 is 0 Å². The van der Waals surface area contributed by atoms with E-state index < -0.39 is 0 Å². The zero-order chi connectivity index (χ0) is 13.9. The first kappa shape index (κ1) is 13.1. The largest absolute Gasteiger partial charge is 0.371 e. The number of rotatable bonds is 2. The molecule has 0 unspecified atom stereocenters. The number of nitrogens with zero attached hydrogens (tertiary/aromatic N) is 1. The van der Waals surface area contributed by atoms with Crippen molar-refractivity contribution >= 4 is 5.69 Å². The summed E-state index contributed by atoms with van der Waals surface area (Å²) in [6.45, 7) is 2.06. The van der Waals surface area contributed by atoms with E-state index in [4.69, 9.17) is 5.73 Å². The maximum Gasteiger partial charge on any atom is 0.129 e. The smallest absolute Gasteiger partial charge is 0.129 e. The van der Waals surface area contributed by atoms with Gasteiger partial charge in [0.15, 0.2) is 0 Å². The summed E-state index contributed by atoms with van der Waals surface area (Å²) in [6, 6.07) is 13.8.